The van der Waals surface area contributed by atoms with Gasteiger partial charge in [0, 0.05) is 24.2 Å². The predicted molar refractivity (Wildman–Crippen MR) is 72.1 cm³/mol. The van der Waals surface area contributed by atoms with Crippen LogP contribution in [0, 0.1) is 5.92 Å². The number of aliphatic imine (C=N–C) groups is 1. The third-order valence-corrected chi connectivity index (χ3v) is 5.72. The third-order valence-electron chi connectivity index (χ3n) is 3.21. The van der Waals surface area contributed by atoms with E-state index in [4.69, 9.17) is 0 Å². The first kappa shape index (κ1) is 11.8. The Kier molecular flexibility index (Phi) is 4.38. The van der Waals surface area contributed by atoms with E-state index in [1.54, 1.807) is 0 Å². The first-order valence-electron chi connectivity index (χ1n) is 5.78. The van der Waals surface area contributed by atoms with Gasteiger partial charge in [-0.2, -0.15) is 0 Å². The van der Waals surface area contributed by atoms with Gasteiger partial charge < -0.3 is 4.90 Å². The molecule has 0 radical (unpaired) electrons. The number of rotatable bonds is 3. The highest BCUT2D eigenvalue weighted by molar-refractivity contribution is 9.09. The Balaban J connectivity index is 1.78. The van der Waals surface area contributed by atoms with Crippen LogP contribution in [-0.4, -0.2) is 40.8 Å². The van der Waals surface area contributed by atoms with Crippen LogP contribution in [0.25, 0.3) is 0 Å². The zero-order valence-electron chi connectivity index (χ0n) is 9.29. The lowest BCUT2D eigenvalue weighted by atomic mass is 10.1. The molecule has 1 saturated carbocycles. The van der Waals surface area contributed by atoms with Gasteiger partial charge in [-0.25, -0.2) is 0 Å². The molecule has 0 aromatic heterocycles. The SMILES string of the molecule is CN(CC1CCCC1)C1=NCC(CBr)S1. The Labute approximate surface area is 105 Å². The van der Waals surface area contributed by atoms with Gasteiger partial charge in [0.15, 0.2) is 5.17 Å². The van der Waals surface area contributed by atoms with Crippen LogP contribution in [0.5, 0.6) is 0 Å². The van der Waals surface area contributed by atoms with Gasteiger partial charge in [0.05, 0.1) is 6.54 Å². The lowest BCUT2D eigenvalue weighted by Gasteiger charge is -2.22. The van der Waals surface area contributed by atoms with Gasteiger partial charge in [-0.3, -0.25) is 4.99 Å². The first-order valence-corrected chi connectivity index (χ1v) is 7.78. The van der Waals surface area contributed by atoms with Gasteiger partial charge >= 0.3 is 0 Å². The van der Waals surface area contributed by atoms with E-state index in [1.807, 2.05) is 11.8 Å². The molecule has 0 aromatic carbocycles. The molecule has 0 spiro atoms. The molecule has 86 valence electrons. The molecule has 0 N–H and O–H groups in total. The molecule has 2 nitrogen and oxygen atoms in total. The van der Waals surface area contributed by atoms with Crippen LogP contribution in [0.3, 0.4) is 0 Å². The Morgan fingerprint density at radius 1 is 1.47 bits per heavy atom. The van der Waals surface area contributed by atoms with Crippen molar-refractivity contribution in [1.82, 2.24) is 4.90 Å². The van der Waals surface area contributed by atoms with Crippen molar-refractivity contribution in [1.29, 1.82) is 0 Å². The minimum Gasteiger partial charge on any atom is -0.354 e. The fourth-order valence-corrected chi connectivity index (χ4v) is 3.87. The molecule has 0 amide bonds. The molecule has 0 bridgehead atoms. The maximum absolute atomic E-state index is 4.61. The highest BCUT2D eigenvalue weighted by atomic mass is 79.9. The summed E-state index contributed by atoms with van der Waals surface area (Å²) in [5.74, 6) is 0.918. The minimum atomic E-state index is 0.658. The molecule has 15 heavy (non-hydrogen) atoms. The van der Waals surface area contributed by atoms with Gasteiger partial charge in [0.25, 0.3) is 0 Å². The summed E-state index contributed by atoms with van der Waals surface area (Å²) in [4.78, 5) is 6.97. The van der Waals surface area contributed by atoms with Gasteiger partial charge in [0.2, 0.25) is 0 Å². The highest BCUT2D eigenvalue weighted by Gasteiger charge is 2.24. The van der Waals surface area contributed by atoms with Crippen LogP contribution in [0.4, 0.5) is 0 Å². The summed E-state index contributed by atoms with van der Waals surface area (Å²) in [6.45, 7) is 2.20. The molecule has 1 heterocycles. The van der Waals surface area contributed by atoms with Gasteiger partial charge in [0.1, 0.15) is 0 Å². The Bertz CT molecular complexity index is 239. The fraction of sp³-hybridized carbons (Fsp3) is 0.909. The summed E-state index contributed by atoms with van der Waals surface area (Å²) in [5.41, 5.74) is 0. The van der Waals surface area contributed by atoms with E-state index in [2.05, 4.69) is 32.9 Å². The summed E-state index contributed by atoms with van der Waals surface area (Å²) in [6.07, 6.45) is 5.71. The van der Waals surface area contributed by atoms with Crippen molar-refractivity contribution in [3.63, 3.8) is 0 Å². The third kappa shape index (κ3) is 3.13. The lowest BCUT2D eigenvalue weighted by molar-refractivity contribution is 0.393. The second-order valence-electron chi connectivity index (χ2n) is 4.55. The van der Waals surface area contributed by atoms with Gasteiger partial charge in [-0.15, -0.1) is 0 Å². The number of alkyl halides is 1. The van der Waals surface area contributed by atoms with Crippen LogP contribution in [0.1, 0.15) is 25.7 Å². The molecular formula is C11H19BrN2S. The van der Waals surface area contributed by atoms with E-state index in [-0.39, 0.29) is 0 Å². The monoisotopic (exact) mass is 290 g/mol. The van der Waals surface area contributed by atoms with Crippen LogP contribution >= 0.6 is 27.7 Å². The normalized spacial score (nSPS) is 27.1. The maximum Gasteiger partial charge on any atom is 0.159 e. The summed E-state index contributed by atoms with van der Waals surface area (Å²) in [5, 5.41) is 2.97. The summed E-state index contributed by atoms with van der Waals surface area (Å²) in [6, 6.07) is 0. The van der Waals surface area contributed by atoms with Crippen molar-refractivity contribution in [3.8, 4) is 0 Å². The van der Waals surface area contributed by atoms with E-state index >= 15 is 0 Å². The molecule has 2 aliphatic rings. The Morgan fingerprint density at radius 2 is 2.20 bits per heavy atom. The zero-order valence-corrected chi connectivity index (χ0v) is 11.7. The van der Waals surface area contributed by atoms with Crippen LogP contribution in [0.15, 0.2) is 4.99 Å². The fourth-order valence-electron chi connectivity index (χ4n) is 2.35. The molecule has 0 saturated heterocycles. The number of hydrogen-bond donors (Lipinski definition) is 0. The summed E-state index contributed by atoms with van der Waals surface area (Å²) >= 11 is 5.46. The van der Waals surface area contributed by atoms with Gasteiger partial charge in [-0.05, 0) is 18.8 Å². The quantitative estimate of drug-likeness (QED) is 0.743. The second-order valence-corrected chi connectivity index (χ2v) is 6.46. The Hall–Kier alpha value is 0.300. The standard InChI is InChI=1S/C11H19BrN2S/c1-14(8-9-4-2-3-5-9)11-13-7-10(6-12)15-11/h9-10H,2-8H2,1H3. The molecular weight excluding hydrogens is 272 g/mol. The first-order chi connectivity index (χ1) is 7.29. The Morgan fingerprint density at radius 3 is 2.80 bits per heavy atom. The maximum atomic E-state index is 4.61. The van der Waals surface area contributed by atoms with Crippen molar-refractivity contribution in [2.24, 2.45) is 10.9 Å². The number of hydrogen-bond acceptors (Lipinski definition) is 3. The highest BCUT2D eigenvalue weighted by Crippen LogP contribution is 2.28. The molecule has 1 atom stereocenters. The number of nitrogens with zero attached hydrogens (tertiary/aromatic N) is 2. The number of amidine groups is 1. The topological polar surface area (TPSA) is 15.6 Å². The smallest absolute Gasteiger partial charge is 0.159 e. The van der Waals surface area contributed by atoms with Crippen LogP contribution in [-0.2, 0) is 0 Å². The van der Waals surface area contributed by atoms with E-state index in [9.17, 15) is 0 Å². The van der Waals surface area contributed by atoms with Crippen LogP contribution in [0.2, 0.25) is 0 Å². The average Bonchev–Trinajstić information content (AvgIpc) is 2.86. The van der Waals surface area contributed by atoms with Crippen molar-refractivity contribution in [2.45, 2.75) is 30.9 Å². The van der Waals surface area contributed by atoms with Crippen molar-refractivity contribution >= 4 is 32.9 Å². The van der Waals surface area contributed by atoms with Crippen LogP contribution < -0.4 is 0 Å². The van der Waals surface area contributed by atoms with E-state index in [1.165, 1.54) is 37.4 Å². The lowest BCUT2D eigenvalue weighted by Crippen LogP contribution is -2.28. The van der Waals surface area contributed by atoms with Crippen molar-refractivity contribution in [2.75, 3.05) is 25.5 Å². The number of thioether (sulfide) groups is 1. The van der Waals surface area contributed by atoms with Crippen molar-refractivity contribution in [3.05, 3.63) is 0 Å². The van der Waals surface area contributed by atoms with E-state index in [0.29, 0.717) is 5.25 Å². The summed E-state index contributed by atoms with van der Waals surface area (Å²) < 4.78 is 0. The molecule has 4 heteroatoms. The molecule has 0 aromatic rings. The second kappa shape index (κ2) is 5.58. The number of halogens is 1. The van der Waals surface area contributed by atoms with Crippen molar-refractivity contribution < 1.29 is 0 Å². The molecule has 2 rings (SSSR count). The molecule has 1 fully saturated rings. The molecule has 1 unspecified atom stereocenters. The minimum absolute atomic E-state index is 0.658. The average molecular weight is 291 g/mol. The largest absolute Gasteiger partial charge is 0.354 e. The van der Waals surface area contributed by atoms with E-state index < -0.39 is 0 Å². The van der Waals surface area contributed by atoms with E-state index in [0.717, 1.165) is 17.8 Å². The zero-order chi connectivity index (χ0) is 10.7. The predicted octanol–water partition coefficient (Wildman–Crippen LogP) is 2.97. The van der Waals surface area contributed by atoms with Gasteiger partial charge in [-0.1, -0.05) is 40.5 Å². The molecule has 1 aliphatic heterocycles. The summed E-state index contributed by atoms with van der Waals surface area (Å²) in [7, 11) is 2.20. The molecule has 1 aliphatic carbocycles.